The van der Waals surface area contributed by atoms with Crippen molar-refractivity contribution in [3.05, 3.63) is 0 Å². The molecule has 0 spiro atoms. The molecule has 3 nitrogen and oxygen atoms in total. The zero-order valence-corrected chi connectivity index (χ0v) is 14.2. The third-order valence-electron chi connectivity index (χ3n) is 5.18. The molecule has 0 amide bonds. The quantitative estimate of drug-likeness (QED) is 0.723. The molecule has 2 N–H and O–H groups in total. The molecule has 21 heavy (non-hydrogen) atoms. The maximum Gasteiger partial charge on any atom is 0.0431 e. The predicted molar refractivity (Wildman–Crippen MR) is 89.5 cm³/mol. The standard InChI is InChI=1S/C18H36N2O/c1-15(2)12-20-13-17(8-5-9-21)10-18(14-20)19-11-16-6-3-4-7-16/h15-19,21H,3-14H2,1-2H3. The maximum absolute atomic E-state index is 9.09. The molecule has 1 aliphatic carbocycles. The first-order valence-electron chi connectivity index (χ1n) is 9.24. The fourth-order valence-electron chi connectivity index (χ4n) is 4.25. The average molecular weight is 296 g/mol. The summed E-state index contributed by atoms with van der Waals surface area (Å²) in [7, 11) is 0. The first-order chi connectivity index (χ1) is 10.2. The predicted octanol–water partition coefficient (Wildman–Crippen LogP) is 2.89. The smallest absolute Gasteiger partial charge is 0.0431 e. The van der Waals surface area contributed by atoms with Crippen LogP contribution in [0.15, 0.2) is 0 Å². The summed E-state index contributed by atoms with van der Waals surface area (Å²) in [5.74, 6) is 2.45. The number of hydrogen-bond acceptors (Lipinski definition) is 3. The number of aliphatic hydroxyl groups excluding tert-OH is 1. The van der Waals surface area contributed by atoms with Gasteiger partial charge >= 0.3 is 0 Å². The molecule has 2 unspecified atom stereocenters. The number of aliphatic hydroxyl groups is 1. The molecule has 1 saturated carbocycles. The summed E-state index contributed by atoms with van der Waals surface area (Å²) >= 11 is 0. The van der Waals surface area contributed by atoms with Gasteiger partial charge in [0.25, 0.3) is 0 Å². The van der Waals surface area contributed by atoms with E-state index in [-0.39, 0.29) is 0 Å². The molecule has 0 bridgehead atoms. The fourth-order valence-corrected chi connectivity index (χ4v) is 4.25. The second-order valence-corrected chi connectivity index (χ2v) is 7.84. The van der Waals surface area contributed by atoms with E-state index >= 15 is 0 Å². The van der Waals surface area contributed by atoms with E-state index in [1.807, 2.05) is 0 Å². The van der Waals surface area contributed by atoms with Crippen molar-refractivity contribution in [2.45, 2.75) is 64.8 Å². The van der Waals surface area contributed by atoms with Gasteiger partial charge in [-0.1, -0.05) is 26.7 Å². The first-order valence-corrected chi connectivity index (χ1v) is 9.24. The summed E-state index contributed by atoms with van der Waals surface area (Å²) in [6.45, 7) is 9.89. The molecular weight excluding hydrogens is 260 g/mol. The summed E-state index contributed by atoms with van der Waals surface area (Å²) in [5, 5.41) is 13.0. The summed E-state index contributed by atoms with van der Waals surface area (Å²) in [6.07, 6.45) is 9.21. The Hall–Kier alpha value is -0.120. The number of rotatable bonds is 8. The van der Waals surface area contributed by atoms with Crippen molar-refractivity contribution in [2.75, 3.05) is 32.8 Å². The molecule has 0 aromatic rings. The minimum Gasteiger partial charge on any atom is -0.396 e. The summed E-state index contributed by atoms with van der Waals surface area (Å²) < 4.78 is 0. The van der Waals surface area contributed by atoms with Crippen LogP contribution in [-0.4, -0.2) is 48.8 Å². The van der Waals surface area contributed by atoms with Crippen molar-refractivity contribution in [2.24, 2.45) is 17.8 Å². The number of likely N-dealkylation sites (tertiary alicyclic amines) is 1. The van der Waals surface area contributed by atoms with Crippen LogP contribution in [0, 0.1) is 17.8 Å². The van der Waals surface area contributed by atoms with Gasteiger partial charge < -0.3 is 15.3 Å². The molecule has 2 aliphatic rings. The highest BCUT2D eigenvalue weighted by atomic mass is 16.2. The highest BCUT2D eigenvalue weighted by molar-refractivity contribution is 4.85. The van der Waals surface area contributed by atoms with Crippen LogP contribution < -0.4 is 5.32 Å². The number of nitrogens with zero attached hydrogens (tertiary/aromatic N) is 1. The molecule has 0 aromatic carbocycles. The molecule has 0 aromatic heterocycles. The molecular formula is C18H36N2O. The first kappa shape index (κ1) is 17.2. The van der Waals surface area contributed by atoms with E-state index in [0.29, 0.717) is 12.6 Å². The van der Waals surface area contributed by atoms with Gasteiger partial charge in [0.15, 0.2) is 0 Å². The topological polar surface area (TPSA) is 35.5 Å². The highest BCUT2D eigenvalue weighted by Gasteiger charge is 2.27. The second kappa shape index (κ2) is 9.12. The molecule has 1 aliphatic heterocycles. The van der Waals surface area contributed by atoms with E-state index < -0.39 is 0 Å². The Kier molecular flexibility index (Phi) is 7.48. The zero-order chi connectivity index (χ0) is 15.1. The largest absolute Gasteiger partial charge is 0.396 e. The van der Waals surface area contributed by atoms with Crippen molar-refractivity contribution in [3.63, 3.8) is 0 Å². The molecule has 124 valence electrons. The normalized spacial score (nSPS) is 28.6. The van der Waals surface area contributed by atoms with Gasteiger partial charge in [0.05, 0.1) is 0 Å². The van der Waals surface area contributed by atoms with Gasteiger partial charge in [-0.2, -0.15) is 0 Å². The molecule has 3 heteroatoms. The lowest BCUT2D eigenvalue weighted by molar-refractivity contribution is 0.116. The van der Waals surface area contributed by atoms with Crippen LogP contribution in [0.2, 0.25) is 0 Å². The van der Waals surface area contributed by atoms with Crippen LogP contribution in [0.25, 0.3) is 0 Å². The molecule has 2 fully saturated rings. The lowest BCUT2D eigenvalue weighted by atomic mass is 9.89. The van der Waals surface area contributed by atoms with Crippen LogP contribution in [0.1, 0.15) is 58.8 Å². The Labute approximate surface area is 131 Å². The van der Waals surface area contributed by atoms with Crippen molar-refractivity contribution >= 4 is 0 Å². The SMILES string of the molecule is CC(C)CN1CC(CCCO)CC(NCC2CCCC2)C1. The molecule has 1 saturated heterocycles. The Morgan fingerprint density at radius 3 is 2.57 bits per heavy atom. The van der Waals surface area contributed by atoms with Crippen LogP contribution >= 0.6 is 0 Å². The third-order valence-corrected chi connectivity index (χ3v) is 5.18. The lowest BCUT2D eigenvalue weighted by Gasteiger charge is -2.39. The van der Waals surface area contributed by atoms with E-state index in [9.17, 15) is 0 Å². The van der Waals surface area contributed by atoms with E-state index in [1.165, 1.54) is 64.7 Å². The monoisotopic (exact) mass is 296 g/mol. The lowest BCUT2D eigenvalue weighted by Crippen LogP contribution is -2.50. The van der Waals surface area contributed by atoms with Crippen LogP contribution in [-0.2, 0) is 0 Å². The van der Waals surface area contributed by atoms with Crippen LogP contribution in [0.4, 0.5) is 0 Å². The number of piperidine rings is 1. The zero-order valence-electron chi connectivity index (χ0n) is 14.2. The van der Waals surface area contributed by atoms with Gasteiger partial charge in [-0.15, -0.1) is 0 Å². The molecule has 2 rings (SSSR count). The minimum atomic E-state index is 0.348. The molecule has 1 heterocycles. The Balaban J connectivity index is 1.79. The van der Waals surface area contributed by atoms with E-state index in [4.69, 9.17) is 5.11 Å². The number of nitrogens with one attached hydrogen (secondary N) is 1. The second-order valence-electron chi connectivity index (χ2n) is 7.84. The van der Waals surface area contributed by atoms with E-state index in [2.05, 4.69) is 24.1 Å². The van der Waals surface area contributed by atoms with Crippen LogP contribution in [0.3, 0.4) is 0 Å². The number of hydrogen-bond donors (Lipinski definition) is 2. The Bertz CT molecular complexity index is 276. The van der Waals surface area contributed by atoms with Crippen molar-refractivity contribution < 1.29 is 5.11 Å². The van der Waals surface area contributed by atoms with Crippen molar-refractivity contribution in [3.8, 4) is 0 Å². The van der Waals surface area contributed by atoms with Gasteiger partial charge in [0.2, 0.25) is 0 Å². The van der Waals surface area contributed by atoms with E-state index in [1.54, 1.807) is 0 Å². The Morgan fingerprint density at radius 2 is 1.90 bits per heavy atom. The van der Waals surface area contributed by atoms with Gasteiger partial charge in [0, 0.05) is 32.3 Å². The summed E-state index contributed by atoms with van der Waals surface area (Å²) in [4.78, 5) is 2.66. The van der Waals surface area contributed by atoms with Crippen LogP contribution in [0.5, 0.6) is 0 Å². The molecule has 2 atom stereocenters. The fraction of sp³-hybridized carbons (Fsp3) is 1.00. The average Bonchev–Trinajstić information content (AvgIpc) is 2.95. The van der Waals surface area contributed by atoms with Gasteiger partial charge in [-0.25, -0.2) is 0 Å². The summed E-state index contributed by atoms with van der Waals surface area (Å²) in [6, 6.07) is 0.668. The third kappa shape index (κ3) is 6.25. The van der Waals surface area contributed by atoms with Gasteiger partial charge in [0.1, 0.15) is 0 Å². The van der Waals surface area contributed by atoms with Crippen molar-refractivity contribution in [1.29, 1.82) is 0 Å². The molecule has 0 radical (unpaired) electrons. The minimum absolute atomic E-state index is 0.348. The van der Waals surface area contributed by atoms with Gasteiger partial charge in [-0.3, -0.25) is 0 Å². The summed E-state index contributed by atoms with van der Waals surface area (Å²) in [5.41, 5.74) is 0. The van der Waals surface area contributed by atoms with E-state index in [0.717, 1.165) is 24.2 Å². The Morgan fingerprint density at radius 1 is 1.14 bits per heavy atom. The van der Waals surface area contributed by atoms with Crippen molar-refractivity contribution in [1.82, 2.24) is 10.2 Å². The maximum atomic E-state index is 9.09. The van der Waals surface area contributed by atoms with Gasteiger partial charge in [-0.05, 0) is 56.4 Å². The highest BCUT2D eigenvalue weighted by Crippen LogP contribution is 2.26.